The molecule has 0 aromatic heterocycles. The minimum Gasteiger partial charge on any atom is -0.447 e. The van der Waals surface area contributed by atoms with Crippen molar-refractivity contribution in [1.82, 2.24) is 14.7 Å². The van der Waals surface area contributed by atoms with Crippen LogP contribution in [0.2, 0.25) is 0 Å². The van der Waals surface area contributed by atoms with E-state index in [0.29, 0.717) is 26.2 Å². The molecule has 0 radical (unpaired) electrons. The second-order valence-corrected chi connectivity index (χ2v) is 7.09. The van der Waals surface area contributed by atoms with Gasteiger partial charge in [-0.05, 0) is 20.8 Å². The van der Waals surface area contributed by atoms with Crippen molar-refractivity contribution in [2.45, 2.75) is 39.1 Å². The molecule has 2 amide bonds. The number of morpholine rings is 1. The molecule has 1 fully saturated rings. The van der Waals surface area contributed by atoms with Crippen LogP contribution in [-0.4, -0.2) is 122 Å². The minimum absolute atomic E-state index is 0.0998. The van der Waals surface area contributed by atoms with Gasteiger partial charge in [-0.15, -0.1) is 0 Å². The Morgan fingerprint density at radius 3 is 2.32 bits per heavy atom. The number of hydrogen-bond donors (Lipinski definition) is 2. The molecule has 1 aliphatic rings. The van der Waals surface area contributed by atoms with Crippen LogP contribution in [0.15, 0.2) is 0 Å². The fourth-order valence-corrected chi connectivity index (χ4v) is 2.74. The molecule has 1 aliphatic heterocycles. The quantitative estimate of drug-likeness (QED) is 0.521. The lowest BCUT2D eigenvalue weighted by molar-refractivity contribution is -0.0905. The first kappa shape index (κ1) is 24.4. The van der Waals surface area contributed by atoms with E-state index < -0.39 is 12.2 Å². The van der Waals surface area contributed by atoms with Gasteiger partial charge < -0.3 is 34.2 Å². The standard InChI is InChI=1S/C18H35N3O7/c1-14(2)27-17(24)19(4)5-6-20-9-12-26-16(13-20)15(3)28-18(25)21(7-10-22)8-11-23/h14-16,22-23H,5-13H2,1-4H3. The SMILES string of the molecule is CC(C)OC(=O)N(C)CCN1CCOC(C(C)OC(=O)N(CCO)CCO)C1. The largest absolute Gasteiger partial charge is 0.447 e. The van der Waals surface area contributed by atoms with E-state index in [4.69, 9.17) is 24.4 Å². The molecular weight excluding hydrogens is 370 g/mol. The summed E-state index contributed by atoms with van der Waals surface area (Å²) in [5.41, 5.74) is 0. The van der Waals surface area contributed by atoms with Crippen LogP contribution in [0.3, 0.4) is 0 Å². The van der Waals surface area contributed by atoms with Crippen molar-refractivity contribution in [3.05, 3.63) is 0 Å². The van der Waals surface area contributed by atoms with Crippen LogP contribution in [0.4, 0.5) is 9.59 Å². The van der Waals surface area contributed by atoms with Gasteiger partial charge in [-0.2, -0.15) is 0 Å². The molecule has 0 aliphatic carbocycles. The van der Waals surface area contributed by atoms with Crippen LogP contribution >= 0.6 is 0 Å². The summed E-state index contributed by atoms with van der Waals surface area (Å²) in [6.07, 6.45) is -1.88. The Balaban J connectivity index is 2.46. The zero-order valence-corrected chi connectivity index (χ0v) is 17.4. The number of aliphatic hydroxyl groups excluding tert-OH is 2. The third-order valence-electron chi connectivity index (χ3n) is 4.39. The van der Waals surface area contributed by atoms with Crippen LogP contribution in [0.5, 0.6) is 0 Å². The summed E-state index contributed by atoms with van der Waals surface area (Å²) in [5.74, 6) is 0. The summed E-state index contributed by atoms with van der Waals surface area (Å²) in [5, 5.41) is 18.0. The molecule has 0 saturated carbocycles. The lowest BCUT2D eigenvalue weighted by Gasteiger charge is -2.36. The molecule has 28 heavy (non-hydrogen) atoms. The van der Waals surface area contributed by atoms with Crippen molar-refractivity contribution >= 4 is 12.2 Å². The molecular formula is C18H35N3O7. The van der Waals surface area contributed by atoms with E-state index in [2.05, 4.69) is 4.90 Å². The van der Waals surface area contributed by atoms with Gasteiger partial charge in [-0.1, -0.05) is 0 Å². The third-order valence-corrected chi connectivity index (χ3v) is 4.39. The van der Waals surface area contributed by atoms with Crippen molar-refractivity contribution < 1.29 is 34.0 Å². The van der Waals surface area contributed by atoms with Crippen molar-refractivity contribution in [1.29, 1.82) is 0 Å². The Labute approximate surface area is 166 Å². The maximum Gasteiger partial charge on any atom is 0.410 e. The lowest BCUT2D eigenvalue weighted by atomic mass is 10.2. The minimum atomic E-state index is -0.590. The van der Waals surface area contributed by atoms with Gasteiger partial charge in [-0.3, -0.25) is 4.90 Å². The molecule has 2 unspecified atom stereocenters. The van der Waals surface area contributed by atoms with Gasteiger partial charge in [-0.25, -0.2) is 9.59 Å². The van der Waals surface area contributed by atoms with Crippen LogP contribution < -0.4 is 0 Å². The fourth-order valence-electron chi connectivity index (χ4n) is 2.74. The molecule has 164 valence electrons. The van der Waals surface area contributed by atoms with Crippen LogP contribution in [-0.2, 0) is 14.2 Å². The Bertz CT molecular complexity index is 472. The van der Waals surface area contributed by atoms with E-state index in [1.807, 2.05) is 13.8 Å². The van der Waals surface area contributed by atoms with Gasteiger partial charge >= 0.3 is 12.2 Å². The maximum absolute atomic E-state index is 12.2. The van der Waals surface area contributed by atoms with Gasteiger partial charge in [0, 0.05) is 46.3 Å². The number of amides is 2. The average molecular weight is 405 g/mol. The van der Waals surface area contributed by atoms with Crippen molar-refractivity contribution in [2.24, 2.45) is 0 Å². The second-order valence-electron chi connectivity index (χ2n) is 7.09. The highest BCUT2D eigenvalue weighted by Gasteiger charge is 2.29. The number of aliphatic hydroxyl groups is 2. The molecule has 0 bridgehead atoms. The zero-order valence-electron chi connectivity index (χ0n) is 17.4. The van der Waals surface area contributed by atoms with Gasteiger partial charge in [0.25, 0.3) is 0 Å². The number of carbonyl (C=O) groups is 2. The van der Waals surface area contributed by atoms with E-state index >= 15 is 0 Å². The normalized spacial score (nSPS) is 18.6. The molecule has 10 nitrogen and oxygen atoms in total. The van der Waals surface area contributed by atoms with E-state index in [-0.39, 0.29) is 44.6 Å². The highest BCUT2D eigenvalue weighted by molar-refractivity contribution is 5.68. The average Bonchev–Trinajstić information content (AvgIpc) is 2.65. The lowest BCUT2D eigenvalue weighted by Crippen LogP contribution is -2.50. The van der Waals surface area contributed by atoms with Gasteiger partial charge in [0.1, 0.15) is 12.2 Å². The Morgan fingerprint density at radius 2 is 1.75 bits per heavy atom. The van der Waals surface area contributed by atoms with Gasteiger partial charge in [0.05, 0.1) is 25.9 Å². The summed E-state index contributed by atoms with van der Waals surface area (Å²) < 4.78 is 16.3. The number of rotatable bonds is 10. The molecule has 1 heterocycles. The Hall–Kier alpha value is -1.62. The Morgan fingerprint density at radius 1 is 1.11 bits per heavy atom. The van der Waals surface area contributed by atoms with Crippen molar-refractivity contribution in [3.8, 4) is 0 Å². The van der Waals surface area contributed by atoms with E-state index in [1.165, 1.54) is 9.80 Å². The van der Waals surface area contributed by atoms with Crippen LogP contribution in [0.1, 0.15) is 20.8 Å². The van der Waals surface area contributed by atoms with E-state index in [9.17, 15) is 9.59 Å². The van der Waals surface area contributed by atoms with Crippen molar-refractivity contribution in [2.75, 3.05) is 66.1 Å². The number of hydrogen-bond acceptors (Lipinski definition) is 8. The third kappa shape index (κ3) is 8.59. The molecule has 0 aromatic carbocycles. The molecule has 1 saturated heterocycles. The van der Waals surface area contributed by atoms with Crippen LogP contribution in [0, 0.1) is 0 Å². The smallest absolute Gasteiger partial charge is 0.410 e. The first-order chi connectivity index (χ1) is 13.3. The topological polar surface area (TPSA) is 112 Å². The predicted octanol–water partition coefficient (Wildman–Crippen LogP) is -0.0243. The highest BCUT2D eigenvalue weighted by atomic mass is 16.6. The first-order valence-corrected chi connectivity index (χ1v) is 9.71. The van der Waals surface area contributed by atoms with Gasteiger partial charge in [0.2, 0.25) is 0 Å². The monoisotopic (exact) mass is 405 g/mol. The zero-order chi connectivity index (χ0) is 21.1. The molecule has 2 N–H and O–H groups in total. The summed E-state index contributed by atoms with van der Waals surface area (Å²) in [4.78, 5) is 29.0. The molecule has 0 spiro atoms. The number of carbonyl (C=O) groups excluding carboxylic acids is 2. The van der Waals surface area contributed by atoms with Crippen LogP contribution in [0.25, 0.3) is 0 Å². The molecule has 1 rings (SSSR count). The maximum atomic E-state index is 12.2. The fraction of sp³-hybridized carbons (Fsp3) is 0.889. The summed E-state index contributed by atoms with van der Waals surface area (Å²) in [6, 6.07) is 0. The summed E-state index contributed by atoms with van der Waals surface area (Å²) in [7, 11) is 1.70. The first-order valence-electron chi connectivity index (χ1n) is 9.71. The predicted molar refractivity (Wildman–Crippen MR) is 102 cm³/mol. The van der Waals surface area contributed by atoms with E-state index in [0.717, 1.165) is 6.54 Å². The summed E-state index contributed by atoms with van der Waals surface area (Å²) in [6.45, 7) is 8.15. The van der Waals surface area contributed by atoms with Crippen molar-refractivity contribution in [3.63, 3.8) is 0 Å². The highest BCUT2D eigenvalue weighted by Crippen LogP contribution is 2.13. The Kier molecular flexibility index (Phi) is 11.1. The number of nitrogens with zero attached hydrogens (tertiary/aromatic N) is 3. The summed E-state index contributed by atoms with van der Waals surface area (Å²) >= 11 is 0. The molecule has 10 heteroatoms. The molecule has 2 atom stereocenters. The van der Waals surface area contributed by atoms with E-state index in [1.54, 1.807) is 14.0 Å². The second kappa shape index (κ2) is 12.8. The molecule has 0 aromatic rings. The number of likely N-dealkylation sites (N-methyl/N-ethyl adjacent to an activating group) is 1. The van der Waals surface area contributed by atoms with Gasteiger partial charge in [0.15, 0.2) is 0 Å². The number of ether oxygens (including phenoxy) is 3.